The molecule has 8 nitrogen and oxygen atoms in total. The van der Waals surface area contributed by atoms with Crippen LogP contribution < -0.4 is 27.2 Å². The maximum Gasteiger partial charge on any atom is 0.330 e. The molecule has 1 heterocycles. The number of carbonyl (C=O) groups excluding carboxylic acids is 1. The van der Waals surface area contributed by atoms with E-state index >= 15 is 0 Å². The number of nitrogen functional groups attached to an aromatic ring is 1. The van der Waals surface area contributed by atoms with Crippen LogP contribution in [0.15, 0.2) is 33.9 Å². The van der Waals surface area contributed by atoms with Gasteiger partial charge in [0, 0.05) is 18.1 Å². The monoisotopic (exact) mass is 463 g/mol. The lowest BCUT2D eigenvalue weighted by atomic mass is 10.1. The van der Waals surface area contributed by atoms with Crippen molar-refractivity contribution >= 4 is 29.0 Å². The molecule has 0 aliphatic heterocycles. The van der Waals surface area contributed by atoms with Gasteiger partial charge in [0.1, 0.15) is 11.5 Å². The second-order valence-electron chi connectivity index (χ2n) is 8.44. The molecule has 1 aromatic carbocycles. The first-order valence-electron chi connectivity index (χ1n) is 11.1. The van der Waals surface area contributed by atoms with E-state index in [4.69, 9.17) is 17.3 Å². The number of H-pyrrole nitrogens is 1. The minimum absolute atomic E-state index is 0.0517. The predicted molar refractivity (Wildman–Crippen MR) is 130 cm³/mol. The van der Waals surface area contributed by atoms with E-state index in [-0.39, 0.29) is 30.0 Å². The van der Waals surface area contributed by atoms with E-state index in [9.17, 15) is 14.4 Å². The van der Waals surface area contributed by atoms with Gasteiger partial charge in [-0.15, -0.1) is 0 Å². The number of unbranched alkanes of at least 4 members (excludes halogenated alkanes) is 1. The molecule has 2 rings (SSSR count). The van der Waals surface area contributed by atoms with E-state index < -0.39 is 11.2 Å². The number of rotatable bonds is 11. The first-order chi connectivity index (χ1) is 15.1. The van der Waals surface area contributed by atoms with Crippen molar-refractivity contribution in [3.05, 3.63) is 55.7 Å². The van der Waals surface area contributed by atoms with Gasteiger partial charge in [-0.25, -0.2) is 4.79 Å². The third kappa shape index (κ3) is 6.88. The molecule has 4 N–H and O–H groups in total. The third-order valence-corrected chi connectivity index (χ3v) is 5.58. The number of halogens is 1. The molecule has 176 valence electrons. The molecule has 0 saturated heterocycles. The van der Waals surface area contributed by atoms with Gasteiger partial charge in [-0.1, -0.05) is 50.9 Å². The molecule has 1 amide bonds. The highest BCUT2D eigenvalue weighted by Gasteiger charge is 2.22. The molecule has 9 heteroatoms. The summed E-state index contributed by atoms with van der Waals surface area (Å²) in [5.74, 6) is 0.204. The molecule has 0 aliphatic rings. The number of anilines is 2. The van der Waals surface area contributed by atoms with Gasteiger partial charge in [-0.3, -0.25) is 19.1 Å². The number of hydrogen-bond acceptors (Lipinski definition) is 5. The zero-order valence-electron chi connectivity index (χ0n) is 19.3. The Morgan fingerprint density at radius 3 is 2.47 bits per heavy atom. The summed E-state index contributed by atoms with van der Waals surface area (Å²) in [7, 11) is 0. The van der Waals surface area contributed by atoms with Crippen molar-refractivity contribution in [2.24, 2.45) is 5.92 Å². The summed E-state index contributed by atoms with van der Waals surface area (Å²) >= 11 is 5.94. The van der Waals surface area contributed by atoms with Crippen molar-refractivity contribution in [2.45, 2.75) is 59.5 Å². The van der Waals surface area contributed by atoms with Crippen molar-refractivity contribution in [1.82, 2.24) is 14.9 Å². The highest BCUT2D eigenvalue weighted by atomic mass is 35.5. The van der Waals surface area contributed by atoms with Crippen LogP contribution in [0.5, 0.6) is 0 Å². The van der Waals surface area contributed by atoms with Gasteiger partial charge in [0.2, 0.25) is 5.91 Å². The molecule has 0 spiro atoms. The molecule has 0 radical (unpaired) electrons. The fourth-order valence-electron chi connectivity index (χ4n) is 3.40. The van der Waals surface area contributed by atoms with Crippen LogP contribution in [0.25, 0.3) is 0 Å². The highest BCUT2D eigenvalue weighted by Crippen LogP contribution is 2.19. The zero-order chi connectivity index (χ0) is 23.8. The van der Waals surface area contributed by atoms with Crippen LogP contribution >= 0.6 is 11.6 Å². The molecule has 32 heavy (non-hydrogen) atoms. The van der Waals surface area contributed by atoms with Crippen LogP contribution in [0.4, 0.5) is 11.5 Å². The largest absolute Gasteiger partial charge is 0.383 e. The minimum Gasteiger partial charge on any atom is -0.383 e. The topological polar surface area (TPSA) is 113 Å². The second-order valence-corrected chi connectivity index (χ2v) is 8.88. The Kier molecular flexibility index (Phi) is 9.38. The Bertz CT molecular complexity index is 1010. The van der Waals surface area contributed by atoms with Crippen molar-refractivity contribution in [3.8, 4) is 0 Å². The Morgan fingerprint density at radius 1 is 1.22 bits per heavy atom. The molecular formula is C23H34ClN5O3. The Morgan fingerprint density at radius 2 is 1.88 bits per heavy atom. The lowest BCUT2D eigenvalue weighted by molar-refractivity contribution is -0.120. The number of carbonyl (C=O) groups is 1. The van der Waals surface area contributed by atoms with Crippen LogP contribution in [-0.2, 0) is 11.3 Å². The molecule has 1 atom stereocenters. The summed E-state index contributed by atoms with van der Waals surface area (Å²) < 4.78 is 1.37. The van der Waals surface area contributed by atoms with Gasteiger partial charge in [-0.05, 0) is 43.4 Å². The lowest BCUT2D eigenvalue weighted by Gasteiger charge is -2.27. The molecule has 0 saturated carbocycles. The van der Waals surface area contributed by atoms with Crippen LogP contribution in [0.3, 0.4) is 0 Å². The molecule has 0 fully saturated rings. The van der Waals surface area contributed by atoms with Crippen LogP contribution in [0.1, 0.15) is 58.6 Å². The molecule has 1 aromatic heterocycles. The second kappa shape index (κ2) is 11.8. The van der Waals surface area contributed by atoms with Gasteiger partial charge in [0.15, 0.2) is 0 Å². The lowest BCUT2D eigenvalue weighted by Crippen LogP contribution is -2.44. The maximum absolute atomic E-state index is 12.9. The molecule has 0 aliphatic carbocycles. The first kappa shape index (κ1) is 25.5. The van der Waals surface area contributed by atoms with Crippen LogP contribution in [-0.4, -0.2) is 28.5 Å². The van der Waals surface area contributed by atoms with E-state index in [1.165, 1.54) is 4.57 Å². The summed E-state index contributed by atoms with van der Waals surface area (Å²) in [5, 5.41) is 3.58. The summed E-state index contributed by atoms with van der Waals surface area (Å²) in [4.78, 5) is 41.9. The quantitative estimate of drug-likeness (QED) is 0.473. The summed E-state index contributed by atoms with van der Waals surface area (Å²) in [5.41, 5.74) is 6.24. The van der Waals surface area contributed by atoms with E-state index in [0.29, 0.717) is 24.0 Å². The zero-order valence-corrected chi connectivity index (χ0v) is 20.0. The van der Waals surface area contributed by atoms with Gasteiger partial charge in [0.05, 0.1) is 12.6 Å². The van der Waals surface area contributed by atoms with Crippen molar-refractivity contribution < 1.29 is 4.79 Å². The Balaban J connectivity index is 2.29. The summed E-state index contributed by atoms with van der Waals surface area (Å²) in [6.07, 6.45) is 2.38. The molecule has 2 aromatic rings. The van der Waals surface area contributed by atoms with Crippen LogP contribution in [0, 0.1) is 5.92 Å². The van der Waals surface area contributed by atoms with E-state index in [0.717, 1.165) is 24.8 Å². The Labute approximate surface area is 193 Å². The number of benzene rings is 1. The average molecular weight is 464 g/mol. The number of aromatic nitrogens is 2. The fraction of sp³-hybridized carbons (Fsp3) is 0.522. The van der Waals surface area contributed by atoms with Gasteiger partial charge >= 0.3 is 5.69 Å². The van der Waals surface area contributed by atoms with Crippen LogP contribution in [0.2, 0.25) is 5.02 Å². The third-order valence-electron chi connectivity index (χ3n) is 5.32. The highest BCUT2D eigenvalue weighted by molar-refractivity contribution is 6.30. The SMILES string of the molecule is CCCCn1c(N)c(N(CCC(C)C)CC(=O)NC(C)c2ccc(Cl)cc2)c(=O)[nH]c1=O. The molecule has 1 unspecified atom stereocenters. The summed E-state index contributed by atoms with van der Waals surface area (Å²) in [6, 6.07) is 7.02. The van der Waals surface area contributed by atoms with E-state index in [2.05, 4.69) is 24.1 Å². The van der Waals surface area contributed by atoms with Crippen molar-refractivity contribution in [2.75, 3.05) is 23.7 Å². The fourth-order valence-corrected chi connectivity index (χ4v) is 3.53. The normalized spacial score (nSPS) is 12.1. The van der Waals surface area contributed by atoms with E-state index in [1.54, 1.807) is 17.0 Å². The number of nitrogens with two attached hydrogens (primary N) is 1. The number of hydrogen-bond donors (Lipinski definition) is 3. The maximum atomic E-state index is 12.9. The predicted octanol–water partition coefficient (Wildman–Crippen LogP) is 3.30. The average Bonchev–Trinajstić information content (AvgIpc) is 2.71. The van der Waals surface area contributed by atoms with Gasteiger partial charge in [0.25, 0.3) is 5.56 Å². The van der Waals surface area contributed by atoms with Gasteiger partial charge < -0.3 is 16.0 Å². The summed E-state index contributed by atoms with van der Waals surface area (Å²) in [6.45, 7) is 8.83. The Hall–Kier alpha value is -2.74. The van der Waals surface area contributed by atoms with Crippen molar-refractivity contribution in [1.29, 1.82) is 0 Å². The van der Waals surface area contributed by atoms with E-state index in [1.807, 2.05) is 26.0 Å². The van der Waals surface area contributed by atoms with Gasteiger partial charge in [-0.2, -0.15) is 0 Å². The first-order valence-corrected chi connectivity index (χ1v) is 11.4. The molecule has 0 bridgehead atoms. The smallest absolute Gasteiger partial charge is 0.330 e. The number of amides is 1. The standard InChI is InChI=1S/C23H34ClN5O3/c1-5-6-12-29-21(25)20(22(31)27-23(29)32)28(13-11-15(2)3)14-19(30)26-16(4)17-7-9-18(24)10-8-17/h7-10,15-16H,5-6,11-14,25H2,1-4H3,(H,26,30)(H,27,31,32). The minimum atomic E-state index is -0.581. The molecular weight excluding hydrogens is 430 g/mol. The number of nitrogens with one attached hydrogen (secondary N) is 2. The van der Waals surface area contributed by atoms with Crippen molar-refractivity contribution in [3.63, 3.8) is 0 Å². The number of aromatic amines is 1. The number of nitrogens with zero attached hydrogens (tertiary/aromatic N) is 2.